The molecule has 1 aromatic heterocycles. The van der Waals surface area contributed by atoms with Gasteiger partial charge in [0.25, 0.3) is 0 Å². The van der Waals surface area contributed by atoms with Gasteiger partial charge in [-0.05, 0) is 53.4 Å². The molecule has 0 spiro atoms. The van der Waals surface area contributed by atoms with Crippen molar-refractivity contribution in [3.63, 3.8) is 0 Å². The lowest BCUT2D eigenvalue weighted by Gasteiger charge is -2.03. The van der Waals surface area contributed by atoms with Crippen molar-refractivity contribution in [2.75, 3.05) is 14.2 Å². The van der Waals surface area contributed by atoms with E-state index in [-0.39, 0.29) is 16.1 Å². The lowest BCUT2D eigenvalue weighted by atomic mass is 10.1. The zero-order valence-corrected chi connectivity index (χ0v) is 14.6. The Hall–Kier alpha value is -2.92. The number of allylic oxidation sites excluding steroid dienone is 1. The predicted octanol–water partition coefficient (Wildman–Crippen LogP) is 4.17. The average Bonchev–Trinajstić information content (AvgIpc) is 2.65. The highest BCUT2D eigenvalue weighted by atomic mass is 32.1. The largest absolute Gasteiger partial charge is 0.497 e. The predicted molar refractivity (Wildman–Crippen MR) is 101 cm³/mol. The fourth-order valence-electron chi connectivity index (χ4n) is 2.37. The summed E-state index contributed by atoms with van der Waals surface area (Å²) in [5.41, 5.74) is 1.03. The first-order chi connectivity index (χ1) is 12.1. The molecule has 0 unspecified atom stereocenters. The lowest BCUT2D eigenvalue weighted by Crippen LogP contribution is -2.09. The van der Waals surface area contributed by atoms with Crippen molar-refractivity contribution >= 4 is 33.3 Å². The number of carbonyl (C=O) groups excluding carboxylic acids is 1. The van der Waals surface area contributed by atoms with Crippen molar-refractivity contribution in [3.8, 4) is 11.5 Å². The highest BCUT2D eigenvalue weighted by Crippen LogP contribution is 2.23. The summed E-state index contributed by atoms with van der Waals surface area (Å²) in [5, 5.41) is 0.839. The molecule has 2 aromatic carbocycles. The Morgan fingerprint density at radius 2 is 1.64 bits per heavy atom. The van der Waals surface area contributed by atoms with Gasteiger partial charge in [-0.15, -0.1) is 0 Å². The Bertz CT molecular complexity index is 1000. The number of ether oxygens (including phenoxy) is 2. The van der Waals surface area contributed by atoms with Crippen molar-refractivity contribution < 1.29 is 14.3 Å². The van der Waals surface area contributed by atoms with Gasteiger partial charge >= 0.3 is 0 Å². The highest BCUT2D eigenvalue weighted by Gasteiger charge is 2.10. The van der Waals surface area contributed by atoms with Crippen molar-refractivity contribution in [3.05, 3.63) is 75.3 Å². The summed E-state index contributed by atoms with van der Waals surface area (Å²) in [7, 11) is 3.17. The van der Waals surface area contributed by atoms with Gasteiger partial charge in [0.05, 0.1) is 19.8 Å². The summed E-state index contributed by atoms with van der Waals surface area (Å²) in [6, 6.07) is 14.4. The molecule has 0 aliphatic rings. The zero-order chi connectivity index (χ0) is 17.8. The van der Waals surface area contributed by atoms with Gasteiger partial charge in [-0.1, -0.05) is 29.5 Å². The van der Waals surface area contributed by atoms with Gasteiger partial charge in [-0.3, -0.25) is 9.59 Å². The zero-order valence-electron chi connectivity index (χ0n) is 13.8. The third-order valence-corrected chi connectivity index (χ3v) is 4.73. The quantitative estimate of drug-likeness (QED) is 0.511. The molecule has 5 heteroatoms. The van der Waals surface area contributed by atoms with Crippen LogP contribution in [0.1, 0.15) is 15.9 Å². The molecule has 0 fully saturated rings. The first-order valence-electron chi connectivity index (χ1n) is 7.59. The first-order valence-corrected chi connectivity index (χ1v) is 8.41. The molecule has 3 aromatic rings. The molecule has 3 rings (SSSR count). The number of hydrogen-bond donors (Lipinski definition) is 0. The van der Waals surface area contributed by atoms with Gasteiger partial charge in [0.1, 0.15) is 11.5 Å². The maximum absolute atomic E-state index is 12.4. The minimum Gasteiger partial charge on any atom is -0.497 e. The van der Waals surface area contributed by atoms with Crippen molar-refractivity contribution in [2.45, 2.75) is 0 Å². The monoisotopic (exact) mass is 352 g/mol. The first kappa shape index (κ1) is 16.9. The molecule has 0 saturated heterocycles. The van der Waals surface area contributed by atoms with E-state index in [0.717, 1.165) is 32.7 Å². The normalized spacial score (nSPS) is 11.0. The fraction of sp³-hybridized carbons (Fsp3) is 0.100. The molecule has 0 amide bonds. The van der Waals surface area contributed by atoms with E-state index < -0.39 is 0 Å². The van der Waals surface area contributed by atoms with Crippen LogP contribution in [0.2, 0.25) is 0 Å². The Kier molecular flexibility index (Phi) is 4.95. The van der Waals surface area contributed by atoms with Gasteiger partial charge in [0, 0.05) is 4.70 Å². The van der Waals surface area contributed by atoms with E-state index in [1.807, 2.05) is 30.3 Å². The third kappa shape index (κ3) is 3.78. The summed E-state index contributed by atoms with van der Waals surface area (Å²) in [6.07, 6.45) is 3.10. The number of ketones is 1. The number of carbonyl (C=O) groups is 1. The standard InChI is InChI=1S/C20H16O4S/c1-23-15-7-3-13(4-8-15)5-10-18(21)17-11-14-6-9-16(24-2)12-19(14)25-20(17)22/h3-12H,1-2H3. The summed E-state index contributed by atoms with van der Waals surface area (Å²) in [4.78, 5) is 24.7. The van der Waals surface area contributed by atoms with E-state index in [0.29, 0.717) is 5.75 Å². The SMILES string of the molecule is COc1ccc(C=CC(=O)c2cc3ccc(OC)cc3sc2=O)cc1. The second-order valence-corrected chi connectivity index (χ2v) is 6.34. The van der Waals surface area contributed by atoms with Crippen LogP contribution in [0.25, 0.3) is 16.2 Å². The fourth-order valence-corrected chi connectivity index (χ4v) is 3.26. The summed E-state index contributed by atoms with van der Waals surface area (Å²) in [6.45, 7) is 0. The molecule has 0 N–H and O–H groups in total. The van der Waals surface area contributed by atoms with Gasteiger partial charge < -0.3 is 9.47 Å². The summed E-state index contributed by atoms with van der Waals surface area (Å²) < 4.78 is 10.8. The molecule has 126 valence electrons. The van der Waals surface area contributed by atoms with Crippen LogP contribution in [0.5, 0.6) is 11.5 Å². The number of benzene rings is 2. The molecule has 0 bridgehead atoms. The van der Waals surface area contributed by atoms with Crippen LogP contribution in [0.3, 0.4) is 0 Å². The van der Waals surface area contributed by atoms with Crippen molar-refractivity contribution in [2.24, 2.45) is 0 Å². The Morgan fingerprint density at radius 3 is 2.32 bits per heavy atom. The van der Waals surface area contributed by atoms with E-state index >= 15 is 0 Å². The smallest absolute Gasteiger partial charge is 0.244 e. The molecule has 0 aliphatic carbocycles. The van der Waals surface area contributed by atoms with E-state index in [1.165, 1.54) is 6.08 Å². The number of rotatable bonds is 5. The molecule has 0 radical (unpaired) electrons. The second kappa shape index (κ2) is 7.32. The van der Waals surface area contributed by atoms with E-state index in [2.05, 4.69) is 0 Å². The van der Waals surface area contributed by atoms with Crippen LogP contribution in [-0.4, -0.2) is 20.0 Å². The average molecular weight is 352 g/mol. The van der Waals surface area contributed by atoms with Crippen LogP contribution in [0.15, 0.2) is 59.4 Å². The Balaban J connectivity index is 1.89. The van der Waals surface area contributed by atoms with Crippen LogP contribution < -0.4 is 14.2 Å². The Morgan fingerprint density at radius 1 is 0.960 bits per heavy atom. The van der Waals surface area contributed by atoms with Gasteiger partial charge in [-0.2, -0.15) is 0 Å². The highest BCUT2D eigenvalue weighted by molar-refractivity contribution is 7.16. The van der Waals surface area contributed by atoms with Gasteiger partial charge in [0.2, 0.25) is 4.74 Å². The van der Waals surface area contributed by atoms with E-state index in [1.54, 1.807) is 38.5 Å². The molecular weight excluding hydrogens is 336 g/mol. The molecule has 0 aliphatic heterocycles. The number of methoxy groups -OCH3 is 2. The number of hydrogen-bond acceptors (Lipinski definition) is 5. The van der Waals surface area contributed by atoms with E-state index in [9.17, 15) is 9.59 Å². The molecule has 0 saturated carbocycles. The maximum atomic E-state index is 12.4. The van der Waals surface area contributed by atoms with Crippen LogP contribution in [0, 0.1) is 0 Å². The van der Waals surface area contributed by atoms with Crippen LogP contribution in [0.4, 0.5) is 0 Å². The number of fused-ring (bicyclic) bond motifs is 1. The Labute approximate surface area is 149 Å². The van der Waals surface area contributed by atoms with Gasteiger partial charge in [-0.25, -0.2) is 0 Å². The molecular formula is C20H16O4S. The maximum Gasteiger partial charge on any atom is 0.244 e. The second-order valence-electron chi connectivity index (χ2n) is 5.32. The van der Waals surface area contributed by atoms with Crippen molar-refractivity contribution in [1.82, 2.24) is 0 Å². The van der Waals surface area contributed by atoms with Crippen molar-refractivity contribution in [1.29, 1.82) is 0 Å². The molecule has 0 atom stereocenters. The lowest BCUT2D eigenvalue weighted by molar-refractivity contribution is 0.104. The molecule has 4 nitrogen and oxygen atoms in total. The minimum atomic E-state index is -0.310. The van der Waals surface area contributed by atoms with Gasteiger partial charge in [0.15, 0.2) is 5.78 Å². The van der Waals surface area contributed by atoms with Crippen LogP contribution >= 0.6 is 11.3 Å². The third-order valence-electron chi connectivity index (χ3n) is 3.75. The molecule has 25 heavy (non-hydrogen) atoms. The summed E-state index contributed by atoms with van der Waals surface area (Å²) in [5.74, 6) is 1.12. The molecule has 1 heterocycles. The summed E-state index contributed by atoms with van der Waals surface area (Å²) >= 11 is 1.05. The minimum absolute atomic E-state index is 0.174. The topological polar surface area (TPSA) is 52.6 Å². The van der Waals surface area contributed by atoms with Crippen LogP contribution in [-0.2, 0) is 0 Å². The van der Waals surface area contributed by atoms with E-state index in [4.69, 9.17) is 9.47 Å².